The molecule has 15 atom stereocenters. The normalized spacial score (nSPS) is 22.2. The molecule has 0 bridgehead atoms. The van der Waals surface area contributed by atoms with E-state index in [1.54, 1.807) is 0 Å². The van der Waals surface area contributed by atoms with Crippen LogP contribution in [0, 0.1) is 29.1 Å². The van der Waals surface area contributed by atoms with Crippen molar-refractivity contribution < 1.29 is 187 Å². The summed E-state index contributed by atoms with van der Waals surface area (Å²) in [5.41, 5.74) is -1.58. The molecule has 0 unspecified atom stereocenters. The van der Waals surface area contributed by atoms with E-state index in [1.807, 2.05) is 0 Å². The van der Waals surface area contributed by atoms with E-state index in [9.17, 15) is 121 Å². The first-order valence-corrected chi connectivity index (χ1v) is 42.5. The number of carbonyl (C=O) groups is 11. The Hall–Kier alpha value is -7.84. The van der Waals surface area contributed by atoms with E-state index >= 15 is 0 Å². The number of rotatable bonds is 68. The first kappa shape index (κ1) is 112. The van der Waals surface area contributed by atoms with Gasteiger partial charge in [-0.25, -0.2) is 13.2 Å². The largest absolute Gasteiger partial charge is 0.420 e. The molecule has 19 N–H and O–H groups in total. The Morgan fingerprint density at radius 3 is 0.859 bits per heavy atom. The van der Waals surface area contributed by atoms with Gasteiger partial charge in [-0.15, -0.1) is 0 Å². The van der Waals surface area contributed by atoms with E-state index < -0.39 is 206 Å². The summed E-state index contributed by atoms with van der Waals surface area (Å²) >= 11 is 0. The fourth-order valence-corrected chi connectivity index (χ4v) is 12.6. The molecule has 0 radical (unpaired) electrons. The summed E-state index contributed by atoms with van der Waals surface area (Å²) in [6, 6.07) is -3.37. The number of aliphatic hydroxyl groups is 9. The van der Waals surface area contributed by atoms with Crippen molar-refractivity contribution in [3.05, 3.63) is 29.1 Å². The molecule has 3 heterocycles. The number of hydrogen-bond acceptors (Lipinski definition) is 34. The van der Waals surface area contributed by atoms with E-state index in [2.05, 4.69) is 57.9 Å². The number of nitrogens with one attached hydrogen (secondary N) is 10. The molecule has 1 aromatic carbocycles. The third kappa shape index (κ3) is 43.9. The molecule has 3 aliphatic rings. The van der Waals surface area contributed by atoms with Gasteiger partial charge in [-0.2, -0.15) is 8.78 Å². The maximum atomic E-state index is 13.9. The topological polar surface area (TPSA) is 619 Å². The van der Waals surface area contributed by atoms with Gasteiger partial charge in [0.25, 0.3) is 0 Å². The third-order valence-electron chi connectivity index (χ3n) is 19.4. The van der Waals surface area contributed by atoms with Gasteiger partial charge < -0.3 is 165 Å². The van der Waals surface area contributed by atoms with E-state index in [0.29, 0.717) is 57.8 Å². The standard InChI is InChI=1S/C79H129F5N10O34/c1-47(98)91-66-72(112)69(109)50(41-95)125-76(66)122-27-7-4-13-53(101)85-21-10-24-88-56(104)16-31-119-44-79(94-59(107)19-30-115-35-37-117-39-40-118-38-36-116-34-20-60(108)128-75-64(83)62(81)61(80)63(82)65(75)84,45-120-32-17-57(105)89-25-11-22-86-54(102)14-5-8-28-123-77-67(92-48(2)99)73(113)70(110)51(42-96)126-77)46-121-33-18-58(106)90-26-12-23-87-55(103)15-6-9-29-124-78-68(93-49(3)100)74(114)71(111)52(43-97)127-78/h50-52,66-74,76-78,95-97,109-114H,4-46H2,1-3H3,(H,85,101)(H,86,102)(H,87,103)(H,88,104)(H,89,105)(H,90,106)(H,91,98)(H,92,99)(H,93,100)(H,94,107)/t50-,51-,52-,66-,67-,68-,69+,70+,71+,72-,73-,74-,76-,77-,78-/m1/s1. The molecule has 3 fully saturated rings. The number of aliphatic hydroxyl groups excluding tert-OH is 9. The maximum absolute atomic E-state index is 13.9. The first-order chi connectivity index (χ1) is 61.3. The molecular weight excluding hydrogens is 1730 g/mol. The summed E-state index contributed by atoms with van der Waals surface area (Å²) in [5.74, 6) is -19.1. The zero-order chi connectivity index (χ0) is 94.4. The van der Waals surface area contributed by atoms with Crippen molar-refractivity contribution in [3.8, 4) is 5.75 Å². The molecule has 734 valence electrons. The number of esters is 1. The number of ether oxygens (including phenoxy) is 14. The molecule has 3 aliphatic heterocycles. The number of benzene rings is 1. The van der Waals surface area contributed by atoms with Gasteiger partial charge in [-0.1, -0.05) is 0 Å². The lowest BCUT2D eigenvalue weighted by molar-refractivity contribution is -0.270. The van der Waals surface area contributed by atoms with Gasteiger partial charge in [-0.3, -0.25) is 52.7 Å². The maximum Gasteiger partial charge on any atom is 0.313 e. The second-order valence-corrected chi connectivity index (χ2v) is 30.0. The van der Waals surface area contributed by atoms with Crippen LogP contribution in [0.1, 0.15) is 130 Å². The van der Waals surface area contributed by atoms with Crippen LogP contribution in [0.15, 0.2) is 0 Å². The third-order valence-corrected chi connectivity index (χ3v) is 19.4. The summed E-state index contributed by atoms with van der Waals surface area (Å²) in [7, 11) is 0. The van der Waals surface area contributed by atoms with Crippen molar-refractivity contribution in [1.29, 1.82) is 0 Å². The molecule has 10 amide bonds. The average Bonchev–Trinajstić information content (AvgIpc) is 1.21. The fourth-order valence-electron chi connectivity index (χ4n) is 12.6. The summed E-state index contributed by atoms with van der Waals surface area (Å²) in [6.45, 7) is 0.730. The molecule has 1 aromatic rings. The summed E-state index contributed by atoms with van der Waals surface area (Å²) < 4.78 is 146. The quantitative estimate of drug-likeness (QED) is 0.00722. The SMILES string of the molecule is CC(=O)N[C@H]1[C@H](OCCCCC(=O)NCCCNC(=O)CCOCC(COCCC(=O)NCCCNC(=O)CCCCO[C@@H]2O[C@H](CO)[C@H](O)[C@H](O)[C@H]2NC(C)=O)(COCCC(=O)NCCCNC(=O)CCCCO[C@@H]2O[C@H](CO)[C@H](O)[C@H](O)[C@H]2NC(C)=O)NC(=O)CCOCCOCCOCCOCCC(=O)Oc2c(F)c(F)c(F)c(F)c2F)O[C@H](CO)[C@H](O)[C@@H]1O. The Labute approximate surface area is 736 Å². The number of carbonyl (C=O) groups excluding carboxylic acids is 11. The number of unbranched alkanes of at least 4 members (excludes halogenated alkanes) is 3. The lowest BCUT2D eigenvalue weighted by atomic mass is 9.97. The molecule has 49 heteroatoms. The van der Waals surface area contributed by atoms with Crippen LogP contribution in [0.3, 0.4) is 0 Å². The Kier molecular flexibility index (Phi) is 56.3. The van der Waals surface area contributed by atoms with Crippen LogP contribution in [0.4, 0.5) is 22.0 Å². The molecule has 0 aromatic heterocycles. The van der Waals surface area contributed by atoms with Gasteiger partial charge in [0.05, 0.1) is 119 Å². The van der Waals surface area contributed by atoms with Crippen molar-refractivity contribution in [3.63, 3.8) is 0 Å². The molecule has 0 aliphatic carbocycles. The molecule has 3 saturated heterocycles. The second kappa shape index (κ2) is 64.1. The Bertz CT molecular complexity index is 3220. The van der Waals surface area contributed by atoms with Crippen molar-refractivity contribution in [2.45, 2.75) is 227 Å². The second-order valence-electron chi connectivity index (χ2n) is 30.0. The van der Waals surface area contributed by atoms with E-state index in [0.717, 1.165) is 0 Å². The van der Waals surface area contributed by atoms with E-state index in [4.69, 9.17) is 61.6 Å². The predicted octanol–water partition coefficient (Wildman–Crippen LogP) is -5.53. The number of halogens is 5. The van der Waals surface area contributed by atoms with Gasteiger partial charge in [0.2, 0.25) is 93.9 Å². The van der Waals surface area contributed by atoms with Crippen molar-refractivity contribution in [2.75, 3.05) is 171 Å². The highest BCUT2D eigenvalue weighted by molar-refractivity contribution is 5.79. The molecule has 0 saturated carbocycles. The van der Waals surface area contributed by atoms with Gasteiger partial charge >= 0.3 is 5.97 Å². The van der Waals surface area contributed by atoms with E-state index in [1.165, 1.54) is 20.8 Å². The van der Waals surface area contributed by atoms with Crippen LogP contribution >= 0.6 is 0 Å². The van der Waals surface area contributed by atoms with Crippen molar-refractivity contribution >= 4 is 65.0 Å². The molecule has 0 spiro atoms. The summed E-state index contributed by atoms with van der Waals surface area (Å²) in [5, 5.41) is 118. The average molecular weight is 1860 g/mol. The van der Waals surface area contributed by atoms with Crippen LogP contribution in [-0.4, -0.2) is 380 Å². The number of amides is 10. The van der Waals surface area contributed by atoms with Crippen LogP contribution in [0.5, 0.6) is 5.75 Å². The van der Waals surface area contributed by atoms with Gasteiger partial charge in [0.15, 0.2) is 18.9 Å². The summed E-state index contributed by atoms with van der Waals surface area (Å²) in [6.07, 6.45) is -14.0. The highest BCUT2D eigenvalue weighted by Gasteiger charge is 2.48. The minimum atomic E-state index is -2.42. The smallest absolute Gasteiger partial charge is 0.313 e. The number of hydrogen-bond donors (Lipinski definition) is 19. The molecule has 128 heavy (non-hydrogen) atoms. The highest BCUT2D eigenvalue weighted by atomic mass is 19.2. The van der Waals surface area contributed by atoms with Crippen LogP contribution in [0.2, 0.25) is 0 Å². The van der Waals surface area contributed by atoms with E-state index in [-0.39, 0.29) is 214 Å². The van der Waals surface area contributed by atoms with Gasteiger partial charge in [-0.05, 0) is 57.8 Å². The molecular formula is C79H129F5N10O34. The lowest BCUT2D eigenvalue weighted by Crippen LogP contribution is -2.64. The zero-order valence-corrected chi connectivity index (χ0v) is 72.2. The predicted molar refractivity (Wildman–Crippen MR) is 429 cm³/mol. The monoisotopic (exact) mass is 1860 g/mol. The molecule has 44 nitrogen and oxygen atoms in total. The van der Waals surface area contributed by atoms with Gasteiger partial charge in [0.1, 0.15) is 78.6 Å². The molecule has 4 rings (SSSR count). The Balaban J connectivity index is 1.30. The van der Waals surface area contributed by atoms with Gasteiger partial charge in [0, 0.05) is 125 Å². The van der Waals surface area contributed by atoms with Crippen molar-refractivity contribution in [1.82, 2.24) is 53.2 Å². The van der Waals surface area contributed by atoms with Crippen molar-refractivity contribution in [2.24, 2.45) is 0 Å². The zero-order valence-electron chi connectivity index (χ0n) is 72.2. The van der Waals surface area contributed by atoms with Crippen LogP contribution in [-0.2, 0) is 114 Å². The van der Waals surface area contributed by atoms with Crippen LogP contribution < -0.4 is 57.9 Å². The highest BCUT2D eigenvalue weighted by Crippen LogP contribution is 2.31. The first-order valence-electron chi connectivity index (χ1n) is 42.5. The minimum absolute atomic E-state index is 0.00113. The lowest BCUT2D eigenvalue weighted by Gasteiger charge is -2.42. The Morgan fingerprint density at radius 2 is 0.570 bits per heavy atom. The van der Waals surface area contributed by atoms with Crippen LogP contribution in [0.25, 0.3) is 0 Å². The minimum Gasteiger partial charge on any atom is -0.420 e. The Morgan fingerprint density at radius 1 is 0.312 bits per heavy atom. The summed E-state index contributed by atoms with van der Waals surface area (Å²) in [4.78, 5) is 138. The fraction of sp³-hybridized carbons (Fsp3) is 0.785.